The van der Waals surface area contributed by atoms with E-state index in [1.165, 1.54) is 17.3 Å². The molecular weight excluding hydrogens is 336 g/mol. The number of hydrazine groups is 1. The maximum atomic E-state index is 11.7. The van der Waals surface area contributed by atoms with Crippen LogP contribution >= 0.6 is 11.8 Å². The third kappa shape index (κ3) is 7.30. The Hall–Kier alpha value is -2.47. The van der Waals surface area contributed by atoms with E-state index in [1.54, 1.807) is 0 Å². The van der Waals surface area contributed by atoms with Gasteiger partial charge in [-0.1, -0.05) is 35.4 Å². The summed E-state index contributed by atoms with van der Waals surface area (Å²) in [7, 11) is 0. The number of benzene rings is 2. The van der Waals surface area contributed by atoms with Crippen LogP contribution in [0.25, 0.3) is 0 Å². The SMILES string of the molecule is Cc1ccc(OCCC(=O)NNC(=O)CSc2ccc(C)cc2)cc1. The molecule has 0 heterocycles. The highest BCUT2D eigenvalue weighted by Gasteiger charge is 2.06. The van der Waals surface area contributed by atoms with Crippen molar-refractivity contribution in [2.24, 2.45) is 0 Å². The van der Waals surface area contributed by atoms with Crippen LogP contribution in [0.5, 0.6) is 5.75 Å². The molecule has 0 aliphatic carbocycles. The van der Waals surface area contributed by atoms with Crippen LogP contribution in [0.15, 0.2) is 53.4 Å². The number of amides is 2. The Kier molecular flexibility index (Phi) is 7.35. The van der Waals surface area contributed by atoms with Crippen molar-refractivity contribution in [3.63, 3.8) is 0 Å². The van der Waals surface area contributed by atoms with Gasteiger partial charge in [-0.2, -0.15) is 0 Å². The van der Waals surface area contributed by atoms with Gasteiger partial charge in [0.15, 0.2) is 0 Å². The first kappa shape index (κ1) is 18.9. The Morgan fingerprint density at radius 1 is 0.880 bits per heavy atom. The topological polar surface area (TPSA) is 67.4 Å². The van der Waals surface area contributed by atoms with Gasteiger partial charge in [-0.15, -0.1) is 11.8 Å². The Labute approximate surface area is 152 Å². The lowest BCUT2D eigenvalue weighted by molar-refractivity contribution is -0.127. The summed E-state index contributed by atoms with van der Waals surface area (Å²) in [5.41, 5.74) is 7.12. The van der Waals surface area contributed by atoms with Crippen molar-refractivity contribution in [3.05, 3.63) is 59.7 Å². The fourth-order valence-corrected chi connectivity index (χ4v) is 2.62. The van der Waals surface area contributed by atoms with Gasteiger partial charge in [0.2, 0.25) is 11.8 Å². The highest BCUT2D eigenvalue weighted by Crippen LogP contribution is 2.17. The fourth-order valence-electron chi connectivity index (χ4n) is 1.92. The first-order valence-electron chi connectivity index (χ1n) is 7.99. The second kappa shape index (κ2) is 9.74. The van der Waals surface area contributed by atoms with Gasteiger partial charge >= 0.3 is 0 Å². The van der Waals surface area contributed by atoms with Gasteiger partial charge in [-0.25, -0.2) is 0 Å². The van der Waals surface area contributed by atoms with E-state index in [4.69, 9.17) is 4.74 Å². The zero-order valence-electron chi connectivity index (χ0n) is 14.4. The number of hydrogen-bond acceptors (Lipinski definition) is 4. The van der Waals surface area contributed by atoms with Gasteiger partial charge < -0.3 is 4.74 Å². The minimum Gasteiger partial charge on any atom is -0.493 e. The van der Waals surface area contributed by atoms with Crippen LogP contribution in [0.3, 0.4) is 0 Å². The summed E-state index contributed by atoms with van der Waals surface area (Å²) in [4.78, 5) is 24.4. The number of carbonyl (C=O) groups excluding carboxylic acids is 2. The third-order valence-corrected chi connectivity index (χ3v) is 4.36. The second-order valence-electron chi connectivity index (χ2n) is 5.61. The van der Waals surface area contributed by atoms with Crippen molar-refractivity contribution in [3.8, 4) is 5.75 Å². The smallest absolute Gasteiger partial charge is 0.248 e. The fraction of sp³-hybridized carbons (Fsp3) is 0.263. The average Bonchev–Trinajstić information content (AvgIpc) is 2.61. The third-order valence-electron chi connectivity index (χ3n) is 3.35. The van der Waals surface area contributed by atoms with Gasteiger partial charge in [0, 0.05) is 4.90 Å². The molecule has 132 valence electrons. The molecule has 0 atom stereocenters. The molecule has 2 aromatic rings. The Bertz CT molecular complexity index is 700. The van der Waals surface area contributed by atoms with E-state index in [-0.39, 0.29) is 30.6 Å². The molecule has 5 nitrogen and oxygen atoms in total. The summed E-state index contributed by atoms with van der Waals surface area (Å²) in [6, 6.07) is 15.5. The van der Waals surface area contributed by atoms with Gasteiger partial charge in [-0.3, -0.25) is 20.4 Å². The van der Waals surface area contributed by atoms with Crippen LogP contribution in [0, 0.1) is 13.8 Å². The van der Waals surface area contributed by atoms with Crippen LogP contribution in [-0.4, -0.2) is 24.2 Å². The second-order valence-corrected chi connectivity index (χ2v) is 6.66. The molecule has 0 aliphatic rings. The molecule has 2 N–H and O–H groups in total. The first-order valence-corrected chi connectivity index (χ1v) is 8.98. The minimum atomic E-state index is -0.291. The zero-order chi connectivity index (χ0) is 18.1. The lowest BCUT2D eigenvalue weighted by atomic mass is 10.2. The molecule has 0 radical (unpaired) electrons. The molecule has 25 heavy (non-hydrogen) atoms. The summed E-state index contributed by atoms with van der Waals surface area (Å²) in [6.45, 7) is 4.26. The molecule has 2 rings (SSSR count). The predicted octanol–water partition coefficient (Wildman–Crippen LogP) is 3.01. The van der Waals surface area contributed by atoms with Crippen LogP contribution < -0.4 is 15.6 Å². The van der Waals surface area contributed by atoms with Crippen molar-refractivity contribution >= 4 is 23.6 Å². The van der Waals surface area contributed by atoms with E-state index in [0.29, 0.717) is 0 Å². The molecule has 0 aromatic heterocycles. The summed E-state index contributed by atoms with van der Waals surface area (Å²) >= 11 is 1.42. The highest BCUT2D eigenvalue weighted by atomic mass is 32.2. The largest absolute Gasteiger partial charge is 0.493 e. The van der Waals surface area contributed by atoms with Crippen molar-refractivity contribution < 1.29 is 14.3 Å². The van der Waals surface area contributed by atoms with Gasteiger partial charge in [0.05, 0.1) is 18.8 Å². The normalized spacial score (nSPS) is 10.2. The first-order chi connectivity index (χ1) is 12.0. The predicted molar refractivity (Wildman–Crippen MR) is 99.5 cm³/mol. The van der Waals surface area contributed by atoms with Crippen molar-refractivity contribution in [2.75, 3.05) is 12.4 Å². The molecule has 0 bridgehead atoms. The summed E-state index contributed by atoms with van der Waals surface area (Å²) in [5.74, 6) is 0.416. The molecule has 0 spiro atoms. The van der Waals surface area contributed by atoms with Gasteiger partial charge in [0.25, 0.3) is 0 Å². The number of hydrogen-bond donors (Lipinski definition) is 2. The van der Waals surface area contributed by atoms with E-state index < -0.39 is 0 Å². The lowest BCUT2D eigenvalue weighted by Crippen LogP contribution is -2.42. The molecule has 0 aliphatic heterocycles. The molecule has 0 unspecified atom stereocenters. The Morgan fingerprint density at radius 2 is 1.44 bits per heavy atom. The van der Waals surface area contributed by atoms with Crippen LogP contribution in [-0.2, 0) is 9.59 Å². The molecule has 0 fully saturated rings. The molecule has 6 heteroatoms. The molecule has 2 aromatic carbocycles. The molecular formula is C19H22N2O3S. The molecule has 0 saturated heterocycles. The number of thioether (sulfide) groups is 1. The van der Waals surface area contributed by atoms with Gasteiger partial charge in [0.1, 0.15) is 5.75 Å². The van der Waals surface area contributed by atoms with Gasteiger partial charge in [-0.05, 0) is 38.1 Å². The van der Waals surface area contributed by atoms with E-state index in [2.05, 4.69) is 10.9 Å². The average molecular weight is 358 g/mol. The molecule has 2 amide bonds. The van der Waals surface area contributed by atoms with E-state index in [9.17, 15) is 9.59 Å². The summed E-state index contributed by atoms with van der Waals surface area (Å²) in [5, 5.41) is 0. The van der Waals surface area contributed by atoms with Crippen LogP contribution in [0.4, 0.5) is 0 Å². The summed E-state index contributed by atoms with van der Waals surface area (Å²) in [6.07, 6.45) is 0.166. The quantitative estimate of drug-likeness (QED) is 0.590. The van der Waals surface area contributed by atoms with E-state index in [1.807, 2.05) is 62.4 Å². The Balaban J connectivity index is 1.59. The zero-order valence-corrected chi connectivity index (χ0v) is 15.2. The van der Waals surface area contributed by atoms with Crippen LogP contribution in [0.2, 0.25) is 0 Å². The number of rotatable bonds is 7. The molecule has 0 saturated carbocycles. The van der Waals surface area contributed by atoms with E-state index >= 15 is 0 Å². The number of aryl methyl sites for hydroxylation is 2. The maximum absolute atomic E-state index is 11.7. The maximum Gasteiger partial charge on any atom is 0.248 e. The number of nitrogens with one attached hydrogen (secondary N) is 2. The number of carbonyl (C=O) groups is 2. The minimum absolute atomic E-state index is 0.166. The van der Waals surface area contributed by atoms with E-state index in [0.717, 1.165) is 16.2 Å². The lowest BCUT2D eigenvalue weighted by Gasteiger charge is -2.09. The van der Waals surface area contributed by atoms with Crippen molar-refractivity contribution in [1.82, 2.24) is 10.9 Å². The standard InChI is InChI=1S/C19H22N2O3S/c1-14-3-7-16(8-4-14)24-12-11-18(22)20-21-19(23)13-25-17-9-5-15(2)6-10-17/h3-10H,11-13H2,1-2H3,(H,20,22)(H,21,23). The van der Waals surface area contributed by atoms with Crippen LogP contribution in [0.1, 0.15) is 17.5 Å². The van der Waals surface area contributed by atoms with Crippen molar-refractivity contribution in [2.45, 2.75) is 25.2 Å². The Morgan fingerprint density at radius 3 is 2.08 bits per heavy atom. The number of ether oxygens (including phenoxy) is 1. The highest BCUT2D eigenvalue weighted by molar-refractivity contribution is 8.00. The summed E-state index contributed by atoms with van der Waals surface area (Å²) < 4.78 is 5.48. The monoisotopic (exact) mass is 358 g/mol. The van der Waals surface area contributed by atoms with Crippen molar-refractivity contribution in [1.29, 1.82) is 0 Å².